The maximum absolute atomic E-state index is 6.08. The van der Waals surface area contributed by atoms with E-state index in [1.807, 2.05) is 24.8 Å². The summed E-state index contributed by atoms with van der Waals surface area (Å²) in [6.45, 7) is 9.08. The number of hydrogen-bond acceptors (Lipinski definition) is 5. The zero-order chi connectivity index (χ0) is 22.7. The Bertz CT molecular complexity index is 1040. The summed E-state index contributed by atoms with van der Waals surface area (Å²) in [4.78, 5) is 12.3. The number of amidine groups is 1. The third-order valence-corrected chi connectivity index (χ3v) is 6.85. The van der Waals surface area contributed by atoms with Gasteiger partial charge in [-0.15, -0.1) is 10.2 Å². The van der Waals surface area contributed by atoms with E-state index in [0.717, 1.165) is 47.0 Å². The van der Waals surface area contributed by atoms with Gasteiger partial charge in [0.15, 0.2) is 11.7 Å². The molecule has 1 unspecified atom stereocenters. The van der Waals surface area contributed by atoms with Crippen LogP contribution in [-0.2, 0) is 6.54 Å². The summed E-state index contributed by atoms with van der Waals surface area (Å²) in [5.41, 5.74) is 11.5. The van der Waals surface area contributed by atoms with Crippen molar-refractivity contribution in [3.05, 3.63) is 53.4 Å². The highest BCUT2D eigenvalue weighted by Crippen LogP contribution is 2.40. The number of rotatable bonds is 6. The maximum atomic E-state index is 6.08. The standard InChI is InChI=1S/C25H35N7/c1-5-17(4)23(20-12-13-27-15-18(20)14-26)29-24-21(6-2)31-16-28-30-25(31)22(7-3)32(24)19-10-8-9-11-19/h6,12-13,15-16,19,22H,5,7-11,14,26H2,1-4H3. The van der Waals surface area contributed by atoms with Crippen molar-refractivity contribution in [2.45, 2.75) is 84.8 Å². The minimum absolute atomic E-state index is 0.164. The minimum Gasteiger partial charge on any atom is -0.342 e. The molecule has 1 aliphatic heterocycles. The average Bonchev–Trinajstić information content (AvgIpc) is 3.53. The van der Waals surface area contributed by atoms with E-state index < -0.39 is 0 Å². The Labute approximate surface area is 191 Å². The van der Waals surface area contributed by atoms with Crippen LogP contribution in [-0.4, -0.2) is 36.5 Å². The van der Waals surface area contributed by atoms with Crippen LogP contribution < -0.4 is 5.73 Å². The molecule has 7 heteroatoms. The Hall–Kier alpha value is -2.80. The molecular formula is C25H35N7. The lowest BCUT2D eigenvalue weighted by atomic mass is 10.0. The molecule has 4 rings (SSSR count). The van der Waals surface area contributed by atoms with Crippen molar-refractivity contribution in [2.75, 3.05) is 0 Å². The summed E-state index contributed by atoms with van der Waals surface area (Å²) < 4.78 is 2.12. The van der Waals surface area contributed by atoms with Gasteiger partial charge in [-0.3, -0.25) is 9.55 Å². The van der Waals surface area contributed by atoms with E-state index in [9.17, 15) is 0 Å². The van der Waals surface area contributed by atoms with Crippen LogP contribution in [0.5, 0.6) is 0 Å². The summed E-state index contributed by atoms with van der Waals surface area (Å²) in [6, 6.07) is 2.67. The average molecular weight is 434 g/mol. The van der Waals surface area contributed by atoms with Crippen LogP contribution in [0, 0.1) is 0 Å². The molecule has 1 atom stereocenters. The van der Waals surface area contributed by atoms with Crippen LogP contribution >= 0.6 is 0 Å². The number of pyridine rings is 1. The molecule has 1 saturated carbocycles. The van der Waals surface area contributed by atoms with E-state index >= 15 is 0 Å². The first-order valence-corrected chi connectivity index (χ1v) is 11.9. The summed E-state index contributed by atoms with van der Waals surface area (Å²) in [6.07, 6.45) is 14.4. The van der Waals surface area contributed by atoms with Gasteiger partial charge in [-0.1, -0.05) is 32.8 Å². The van der Waals surface area contributed by atoms with E-state index in [4.69, 9.17) is 10.7 Å². The highest BCUT2D eigenvalue weighted by molar-refractivity contribution is 6.19. The molecule has 2 aromatic heterocycles. The van der Waals surface area contributed by atoms with Gasteiger partial charge in [-0.25, -0.2) is 4.99 Å². The molecule has 1 fully saturated rings. The third kappa shape index (κ3) is 3.90. The van der Waals surface area contributed by atoms with Gasteiger partial charge in [-0.05, 0) is 56.7 Å². The lowest BCUT2D eigenvalue weighted by Crippen LogP contribution is -2.47. The second kappa shape index (κ2) is 9.77. The van der Waals surface area contributed by atoms with Crippen LogP contribution in [0.4, 0.5) is 0 Å². The van der Waals surface area contributed by atoms with Gasteiger partial charge in [-0.2, -0.15) is 0 Å². The van der Waals surface area contributed by atoms with Crippen LogP contribution in [0.3, 0.4) is 0 Å². The fraction of sp³-hybridized carbons (Fsp3) is 0.520. The van der Waals surface area contributed by atoms with Crippen molar-refractivity contribution in [2.24, 2.45) is 10.7 Å². The van der Waals surface area contributed by atoms with Gasteiger partial charge in [0.25, 0.3) is 0 Å². The fourth-order valence-electron chi connectivity index (χ4n) is 5.02. The van der Waals surface area contributed by atoms with Crippen molar-refractivity contribution in [1.29, 1.82) is 0 Å². The smallest absolute Gasteiger partial charge is 0.160 e. The predicted molar refractivity (Wildman–Crippen MR) is 130 cm³/mol. The zero-order valence-corrected chi connectivity index (χ0v) is 19.8. The van der Waals surface area contributed by atoms with Crippen molar-refractivity contribution in [3.63, 3.8) is 0 Å². The normalized spacial score (nSPS) is 22.5. The van der Waals surface area contributed by atoms with Gasteiger partial charge in [0.2, 0.25) is 0 Å². The molecule has 0 amide bonds. The van der Waals surface area contributed by atoms with Crippen molar-refractivity contribution >= 4 is 17.2 Å². The Morgan fingerprint density at radius 3 is 2.72 bits per heavy atom. The van der Waals surface area contributed by atoms with Crippen LogP contribution in [0.25, 0.3) is 11.4 Å². The molecule has 1 aliphatic carbocycles. The number of nitrogens with zero attached hydrogens (tertiary/aromatic N) is 6. The molecule has 0 spiro atoms. The Morgan fingerprint density at radius 1 is 1.28 bits per heavy atom. The number of fused-ring (bicyclic) bond motifs is 1. The monoisotopic (exact) mass is 433 g/mol. The van der Waals surface area contributed by atoms with E-state index in [-0.39, 0.29) is 6.04 Å². The van der Waals surface area contributed by atoms with Gasteiger partial charge in [0.05, 0.1) is 17.4 Å². The van der Waals surface area contributed by atoms with Gasteiger partial charge < -0.3 is 10.6 Å². The summed E-state index contributed by atoms with van der Waals surface area (Å²) in [7, 11) is 0. The third-order valence-electron chi connectivity index (χ3n) is 6.85. The number of hydrogen-bond donors (Lipinski definition) is 1. The molecule has 170 valence electrons. The molecule has 3 heterocycles. The summed E-state index contributed by atoms with van der Waals surface area (Å²) >= 11 is 0. The van der Waals surface area contributed by atoms with Crippen LogP contribution in [0.1, 0.15) is 89.2 Å². The molecule has 2 aromatic rings. The molecule has 0 radical (unpaired) electrons. The SMILES string of the molecule is CC=C1C(=NC(=C(C)CC)c2ccncc2CN)N(C2CCCC2)C(CC)c2nncn21. The second-order valence-electron chi connectivity index (χ2n) is 8.66. The molecule has 2 N–H and O–H groups in total. The molecule has 0 saturated heterocycles. The number of allylic oxidation sites excluding steroid dienone is 2. The van der Waals surface area contributed by atoms with Gasteiger partial charge in [0, 0.05) is 30.5 Å². The number of aromatic nitrogens is 4. The van der Waals surface area contributed by atoms with Crippen LogP contribution in [0.2, 0.25) is 0 Å². The number of aliphatic imine (C=N–C) groups is 1. The van der Waals surface area contributed by atoms with E-state index in [0.29, 0.717) is 12.6 Å². The predicted octanol–water partition coefficient (Wildman–Crippen LogP) is 4.94. The van der Waals surface area contributed by atoms with Crippen molar-refractivity contribution in [1.82, 2.24) is 24.6 Å². The molecule has 32 heavy (non-hydrogen) atoms. The Balaban J connectivity index is 1.96. The molecule has 7 nitrogen and oxygen atoms in total. The van der Waals surface area contributed by atoms with E-state index in [1.165, 1.54) is 31.3 Å². The lowest BCUT2D eigenvalue weighted by molar-refractivity contribution is 0.218. The van der Waals surface area contributed by atoms with Crippen molar-refractivity contribution in [3.8, 4) is 0 Å². The lowest BCUT2D eigenvalue weighted by Gasteiger charge is -2.42. The van der Waals surface area contributed by atoms with Crippen LogP contribution in [0.15, 0.2) is 41.4 Å². The first kappa shape index (κ1) is 22.4. The molecular weight excluding hydrogens is 398 g/mol. The first-order chi connectivity index (χ1) is 15.6. The topological polar surface area (TPSA) is 85.2 Å². The van der Waals surface area contributed by atoms with Crippen molar-refractivity contribution < 1.29 is 0 Å². The second-order valence-corrected chi connectivity index (χ2v) is 8.66. The molecule has 0 aromatic carbocycles. The highest BCUT2D eigenvalue weighted by Gasteiger charge is 2.40. The minimum atomic E-state index is 0.164. The first-order valence-electron chi connectivity index (χ1n) is 11.9. The fourth-order valence-corrected chi connectivity index (χ4v) is 5.02. The quantitative estimate of drug-likeness (QED) is 0.697. The Kier molecular flexibility index (Phi) is 6.84. The van der Waals surface area contributed by atoms with E-state index in [1.54, 1.807) is 0 Å². The zero-order valence-electron chi connectivity index (χ0n) is 19.8. The molecule has 0 bridgehead atoms. The summed E-state index contributed by atoms with van der Waals surface area (Å²) in [5.74, 6) is 2.02. The maximum Gasteiger partial charge on any atom is 0.160 e. The number of nitrogens with two attached hydrogens (primary N) is 1. The van der Waals surface area contributed by atoms with Gasteiger partial charge in [0.1, 0.15) is 6.33 Å². The van der Waals surface area contributed by atoms with E-state index in [2.05, 4.69) is 58.4 Å². The van der Waals surface area contributed by atoms with Gasteiger partial charge >= 0.3 is 0 Å². The Morgan fingerprint density at radius 2 is 2.06 bits per heavy atom. The molecule has 2 aliphatic rings. The highest BCUT2D eigenvalue weighted by atomic mass is 15.4. The summed E-state index contributed by atoms with van der Waals surface area (Å²) in [5, 5.41) is 8.78. The largest absolute Gasteiger partial charge is 0.342 e.